The molecule has 0 bridgehead atoms. The minimum absolute atomic E-state index is 0.00404. The van der Waals surface area contributed by atoms with Gasteiger partial charge in [-0.3, -0.25) is 4.79 Å². The van der Waals surface area contributed by atoms with Gasteiger partial charge in [0.05, 0.1) is 10.9 Å². The summed E-state index contributed by atoms with van der Waals surface area (Å²) in [6, 6.07) is 0. The van der Waals surface area contributed by atoms with Gasteiger partial charge in [0, 0.05) is 12.5 Å². The van der Waals surface area contributed by atoms with Crippen LogP contribution in [0.4, 0.5) is 0 Å². The van der Waals surface area contributed by atoms with Crippen LogP contribution in [0.1, 0.15) is 20.3 Å². The van der Waals surface area contributed by atoms with E-state index in [1.54, 1.807) is 13.8 Å². The molecular weight excluding hydrogens is 236 g/mol. The number of carbonyl (C=O) groups is 2. The predicted molar refractivity (Wildman–Crippen MR) is 53.8 cm³/mol. The second kappa shape index (κ2) is 5.17. The second-order valence-electron chi connectivity index (χ2n) is 3.02. The molecule has 0 radical (unpaired) electrons. The average Bonchev–Trinajstić information content (AvgIpc) is 2.02. The molecule has 0 unspecified atom stereocenters. The van der Waals surface area contributed by atoms with Crippen LogP contribution in [0.15, 0.2) is 12.7 Å². The van der Waals surface area contributed by atoms with Crippen LogP contribution in [0.5, 0.6) is 0 Å². The van der Waals surface area contributed by atoms with Crippen molar-refractivity contribution in [2.45, 2.75) is 24.6 Å². The van der Waals surface area contributed by atoms with Gasteiger partial charge in [0.15, 0.2) is 5.78 Å². The third-order valence-electron chi connectivity index (χ3n) is 1.40. The van der Waals surface area contributed by atoms with Gasteiger partial charge >= 0.3 is 5.97 Å². The van der Waals surface area contributed by atoms with Gasteiger partial charge in [-0.1, -0.05) is 22.5 Å². The number of ketones is 1. The van der Waals surface area contributed by atoms with Crippen molar-refractivity contribution in [3.8, 4) is 0 Å². The molecule has 0 rings (SSSR count). The zero-order chi connectivity index (χ0) is 10.5. The smallest absolute Gasteiger partial charge is 0.330 e. The number of alkyl halides is 1. The molecule has 0 aliphatic carbocycles. The van der Waals surface area contributed by atoms with E-state index in [1.165, 1.54) is 0 Å². The Kier molecular flexibility index (Phi) is 4.91. The monoisotopic (exact) mass is 248 g/mol. The minimum Gasteiger partial charge on any atom is -0.462 e. The van der Waals surface area contributed by atoms with Crippen LogP contribution < -0.4 is 0 Å². The van der Waals surface area contributed by atoms with Crippen molar-refractivity contribution < 1.29 is 14.3 Å². The lowest BCUT2D eigenvalue weighted by Gasteiger charge is -2.13. The first-order valence-corrected chi connectivity index (χ1v) is 4.68. The summed E-state index contributed by atoms with van der Waals surface area (Å²) >= 11 is 3.22. The van der Waals surface area contributed by atoms with Gasteiger partial charge in [0.2, 0.25) is 0 Å². The average molecular weight is 249 g/mol. The molecule has 0 amide bonds. The van der Waals surface area contributed by atoms with Crippen molar-refractivity contribution in [1.29, 1.82) is 0 Å². The van der Waals surface area contributed by atoms with Crippen molar-refractivity contribution in [2.24, 2.45) is 0 Å². The van der Waals surface area contributed by atoms with E-state index in [2.05, 4.69) is 27.2 Å². The van der Waals surface area contributed by atoms with Crippen LogP contribution in [0.2, 0.25) is 0 Å². The molecule has 0 fully saturated rings. The largest absolute Gasteiger partial charge is 0.462 e. The Balaban J connectivity index is 3.73. The number of rotatable bonds is 5. The quantitative estimate of drug-likeness (QED) is 0.424. The fourth-order valence-electron chi connectivity index (χ4n) is 0.600. The summed E-state index contributed by atoms with van der Waals surface area (Å²) in [6.07, 6.45) is 1.29. The van der Waals surface area contributed by atoms with E-state index in [4.69, 9.17) is 0 Å². The van der Waals surface area contributed by atoms with Crippen molar-refractivity contribution >= 4 is 27.7 Å². The maximum Gasteiger partial charge on any atom is 0.330 e. The van der Waals surface area contributed by atoms with E-state index in [9.17, 15) is 9.59 Å². The Labute approximate surface area is 86.3 Å². The molecule has 0 atom stereocenters. The highest BCUT2D eigenvalue weighted by Crippen LogP contribution is 2.18. The normalized spacial score (nSPS) is 10.7. The molecule has 0 aromatic heterocycles. The molecule has 0 spiro atoms. The zero-order valence-corrected chi connectivity index (χ0v) is 9.39. The van der Waals surface area contributed by atoms with E-state index in [-0.39, 0.29) is 18.8 Å². The van der Waals surface area contributed by atoms with Crippen LogP contribution in [-0.2, 0) is 14.3 Å². The third-order valence-corrected chi connectivity index (χ3v) is 1.85. The maximum absolute atomic E-state index is 11.3. The zero-order valence-electron chi connectivity index (χ0n) is 7.80. The summed E-state index contributed by atoms with van der Waals surface area (Å²) in [6.45, 7) is 6.86. The van der Waals surface area contributed by atoms with Crippen LogP contribution in [-0.4, -0.2) is 22.7 Å². The maximum atomic E-state index is 11.3. The van der Waals surface area contributed by atoms with Crippen LogP contribution >= 0.6 is 15.9 Å². The van der Waals surface area contributed by atoms with Gasteiger partial charge in [-0.05, 0) is 13.8 Å². The summed E-state index contributed by atoms with van der Waals surface area (Å²) in [7, 11) is 0. The standard InChI is InChI=1S/C9H13BrO3/c1-4-8(12)13-6-5-7(11)9(2,3)10/h4H,1,5-6H2,2-3H3. The highest BCUT2D eigenvalue weighted by atomic mass is 79.9. The number of halogens is 1. The first kappa shape index (κ1) is 12.4. The number of carbonyl (C=O) groups excluding carboxylic acids is 2. The number of ether oxygens (including phenoxy) is 1. The topological polar surface area (TPSA) is 43.4 Å². The van der Waals surface area contributed by atoms with Gasteiger partial charge in [-0.2, -0.15) is 0 Å². The number of hydrogen-bond acceptors (Lipinski definition) is 3. The molecule has 13 heavy (non-hydrogen) atoms. The summed E-state index contributed by atoms with van der Waals surface area (Å²) in [5.74, 6) is -0.496. The Morgan fingerprint density at radius 2 is 2.08 bits per heavy atom. The van der Waals surface area contributed by atoms with E-state index in [0.29, 0.717) is 0 Å². The lowest BCUT2D eigenvalue weighted by Crippen LogP contribution is -2.25. The van der Waals surface area contributed by atoms with Gasteiger partial charge in [0.25, 0.3) is 0 Å². The Morgan fingerprint density at radius 1 is 1.54 bits per heavy atom. The van der Waals surface area contributed by atoms with Crippen LogP contribution in [0.25, 0.3) is 0 Å². The van der Waals surface area contributed by atoms with Gasteiger partial charge in [0.1, 0.15) is 0 Å². The molecule has 0 saturated carbocycles. The number of esters is 1. The van der Waals surface area contributed by atoms with E-state index >= 15 is 0 Å². The highest BCUT2D eigenvalue weighted by molar-refractivity contribution is 9.10. The highest BCUT2D eigenvalue weighted by Gasteiger charge is 2.22. The molecule has 0 N–H and O–H groups in total. The minimum atomic E-state index is -0.548. The van der Waals surface area contributed by atoms with Crippen molar-refractivity contribution in [2.75, 3.05) is 6.61 Å². The van der Waals surface area contributed by atoms with Gasteiger partial charge < -0.3 is 4.74 Å². The summed E-state index contributed by atoms with van der Waals surface area (Å²) in [4.78, 5) is 21.9. The van der Waals surface area contributed by atoms with Crippen molar-refractivity contribution in [1.82, 2.24) is 0 Å². The molecule has 4 heteroatoms. The van der Waals surface area contributed by atoms with Crippen LogP contribution in [0.3, 0.4) is 0 Å². The van der Waals surface area contributed by atoms with Gasteiger partial charge in [-0.25, -0.2) is 4.79 Å². The summed E-state index contributed by atoms with van der Waals surface area (Å²) in [5.41, 5.74) is 0. The predicted octanol–water partition coefficient (Wildman–Crippen LogP) is 1.85. The Morgan fingerprint density at radius 3 is 2.46 bits per heavy atom. The van der Waals surface area contributed by atoms with Crippen LogP contribution in [0, 0.1) is 0 Å². The Bertz CT molecular complexity index is 215. The molecule has 0 aromatic rings. The van der Waals surface area contributed by atoms with E-state index < -0.39 is 10.3 Å². The van der Waals surface area contributed by atoms with E-state index in [0.717, 1.165) is 6.08 Å². The van der Waals surface area contributed by atoms with Crippen molar-refractivity contribution in [3.63, 3.8) is 0 Å². The summed E-state index contributed by atoms with van der Waals surface area (Å²) < 4.78 is 4.11. The molecule has 0 aliphatic rings. The SMILES string of the molecule is C=CC(=O)OCCC(=O)C(C)(C)Br. The van der Waals surface area contributed by atoms with Gasteiger partial charge in [-0.15, -0.1) is 0 Å². The molecule has 3 nitrogen and oxygen atoms in total. The van der Waals surface area contributed by atoms with Crippen molar-refractivity contribution in [3.05, 3.63) is 12.7 Å². The Hall–Kier alpha value is -0.640. The fraction of sp³-hybridized carbons (Fsp3) is 0.556. The molecule has 0 aliphatic heterocycles. The molecule has 0 heterocycles. The number of Topliss-reactive ketones (excluding diaryl/α,β-unsaturated/α-hetero) is 1. The van der Waals surface area contributed by atoms with E-state index in [1.807, 2.05) is 0 Å². The lowest BCUT2D eigenvalue weighted by molar-refractivity contribution is -0.138. The lowest BCUT2D eigenvalue weighted by atomic mass is 10.1. The fourth-order valence-corrected chi connectivity index (χ4v) is 0.799. The molecule has 0 aromatic carbocycles. The number of hydrogen-bond donors (Lipinski definition) is 0. The first-order chi connectivity index (χ1) is 5.88. The molecule has 74 valence electrons. The first-order valence-electron chi connectivity index (χ1n) is 3.89. The second-order valence-corrected chi connectivity index (χ2v) is 5.00. The summed E-state index contributed by atoms with van der Waals surface area (Å²) in [5, 5.41) is 0. The third kappa shape index (κ3) is 5.58. The molecular formula is C9H13BrO3. The molecule has 0 saturated heterocycles.